The van der Waals surface area contributed by atoms with Crippen molar-refractivity contribution in [1.82, 2.24) is 9.97 Å². The van der Waals surface area contributed by atoms with E-state index < -0.39 is 5.97 Å². The summed E-state index contributed by atoms with van der Waals surface area (Å²) in [5.41, 5.74) is 1.70. The van der Waals surface area contributed by atoms with E-state index in [9.17, 15) is 4.79 Å². The number of aromatic nitrogens is 2. The zero-order valence-corrected chi connectivity index (χ0v) is 12.4. The fraction of sp³-hybridized carbons (Fsp3) is 0.667. The third-order valence-corrected chi connectivity index (χ3v) is 4.39. The molecule has 21 heavy (non-hydrogen) atoms. The molecule has 0 bridgehead atoms. The molecule has 3 rings (SSSR count). The lowest BCUT2D eigenvalue weighted by Crippen LogP contribution is -2.47. The van der Waals surface area contributed by atoms with Gasteiger partial charge in [0.2, 0.25) is 5.95 Å². The number of nitrogens with zero attached hydrogens (tertiary/aromatic N) is 2. The van der Waals surface area contributed by atoms with Crippen molar-refractivity contribution in [2.45, 2.75) is 51.2 Å². The Morgan fingerprint density at radius 2 is 2.10 bits per heavy atom. The van der Waals surface area contributed by atoms with E-state index in [1.807, 2.05) is 19.9 Å². The fourth-order valence-corrected chi connectivity index (χ4v) is 3.36. The lowest BCUT2D eigenvalue weighted by molar-refractivity contribution is -0.164. The van der Waals surface area contributed by atoms with Crippen molar-refractivity contribution in [3.63, 3.8) is 0 Å². The van der Waals surface area contributed by atoms with Crippen LogP contribution in [-0.2, 0) is 9.53 Å². The van der Waals surface area contributed by atoms with Crippen LogP contribution in [0.4, 0.5) is 5.95 Å². The summed E-state index contributed by atoms with van der Waals surface area (Å²) in [7, 11) is 0. The molecule has 1 aromatic heterocycles. The van der Waals surface area contributed by atoms with Crippen LogP contribution in [0.3, 0.4) is 0 Å². The van der Waals surface area contributed by atoms with E-state index >= 15 is 0 Å². The quantitative estimate of drug-likeness (QED) is 0.881. The van der Waals surface area contributed by atoms with Gasteiger partial charge in [-0.15, -0.1) is 0 Å². The Bertz CT molecular complexity index is 535. The first-order chi connectivity index (χ1) is 9.96. The molecule has 2 heterocycles. The molecule has 6 heteroatoms. The minimum absolute atomic E-state index is 0.115. The molecule has 114 valence electrons. The minimum Gasteiger partial charge on any atom is -0.481 e. The molecule has 1 spiro atoms. The number of ether oxygens (including phenoxy) is 1. The Morgan fingerprint density at radius 3 is 2.71 bits per heavy atom. The molecular formula is C15H21N3O3. The average molecular weight is 291 g/mol. The van der Waals surface area contributed by atoms with E-state index in [-0.39, 0.29) is 17.6 Å². The normalized spacial score (nSPS) is 31.1. The fourth-order valence-electron chi connectivity index (χ4n) is 3.36. The molecule has 1 aliphatic heterocycles. The molecule has 2 N–H and O–H groups in total. The zero-order chi connectivity index (χ0) is 15.0. The van der Waals surface area contributed by atoms with Crippen LogP contribution >= 0.6 is 0 Å². The molecule has 2 aliphatic rings. The highest BCUT2D eigenvalue weighted by atomic mass is 16.5. The van der Waals surface area contributed by atoms with Gasteiger partial charge < -0.3 is 15.2 Å². The number of carboxylic acids is 1. The van der Waals surface area contributed by atoms with Gasteiger partial charge in [0.15, 0.2) is 0 Å². The van der Waals surface area contributed by atoms with Gasteiger partial charge in [-0.1, -0.05) is 0 Å². The first-order valence-corrected chi connectivity index (χ1v) is 7.43. The Labute approximate surface area is 123 Å². The second-order valence-electron chi connectivity index (χ2n) is 6.26. The van der Waals surface area contributed by atoms with Gasteiger partial charge >= 0.3 is 5.97 Å². The molecular weight excluding hydrogens is 270 g/mol. The van der Waals surface area contributed by atoms with E-state index in [0.29, 0.717) is 25.3 Å². The standard InChI is InChI=1S/C15H21N3O3/c1-9-5-10(2)18-14(17-9)16-8-12-3-4-15(21-12)6-11(7-15)13(19)20/h5,11-12H,3-4,6-8H2,1-2H3,(H,19,20)(H,16,17,18). The molecule has 0 radical (unpaired) electrons. The minimum atomic E-state index is -0.700. The van der Waals surface area contributed by atoms with Crippen LogP contribution in [0.25, 0.3) is 0 Å². The maximum absolute atomic E-state index is 10.9. The van der Waals surface area contributed by atoms with Crippen LogP contribution in [0.15, 0.2) is 6.07 Å². The molecule has 0 aromatic carbocycles. The predicted molar refractivity (Wildman–Crippen MR) is 77.2 cm³/mol. The lowest BCUT2D eigenvalue weighted by atomic mass is 9.69. The van der Waals surface area contributed by atoms with Crippen molar-refractivity contribution in [3.05, 3.63) is 17.5 Å². The van der Waals surface area contributed by atoms with Gasteiger partial charge in [-0.3, -0.25) is 4.79 Å². The van der Waals surface area contributed by atoms with E-state index in [2.05, 4.69) is 15.3 Å². The largest absolute Gasteiger partial charge is 0.481 e. The Balaban J connectivity index is 1.51. The van der Waals surface area contributed by atoms with Crippen molar-refractivity contribution >= 4 is 11.9 Å². The van der Waals surface area contributed by atoms with Crippen molar-refractivity contribution in [1.29, 1.82) is 0 Å². The second kappa shape index (κ2) is 5.26. The van der Waals surface area contributed by atoms with Gasteiger partial charge in [0, 0.05) is 17.9 Å². The van der Waals surface area contributed by atoms with E-state index in [1.165, 1.54) is 0 Å². The summed E-state index contributed by atoms with van der Waals surface area (Å²) >= 11 is 0. The molecule has 6 nitrogen and oxygen atoms in total. The number of carboxylic acid groups (broad SMARTS) is 1. The Kier molecular flexibility index (Phi) is 3.57. The Hall–Kier alpha value is -1.69. The SMILES string of the molecule is Cc1cc(C)nc(NCC2CCC3(CC(C(=O)O)C3)O2)n1. The van der Waals surface area contributed by atoms with Crippen LogP contribution in [0.5, 0.6) is 0 Å². The molecule has 1 saturated carbocycles. The van der Waals surface area contributed by atoms with E-state index in [4.69, 9.17) is 9.84 Å². The molecule has 1 saturated heterocycles. The number of aryl methyl sites for hydroxylation is 2. The second-order valence-corrected chi connectivity index (χ2v) is 6.26. The predicted octanol–water partition coefficient (Wildman–Crippen LogP) is 1.92. The lowest BCUT2D eigenvalue weighted by Gasteiger charge is -2.42. The highest BCUT2D eigenvalue weighted by Crippen LogP contribution is 2.49. The number of hydrogen-bond acceptors (Lipinski definition) is 5. The van der Waals surface area contributed by atoms with Crippen molar-refractivity contribution in [2.75, 3.05) is 11.9 Å². The van der Waals surface area contributed by atoms with Gasteiger partial charge in [0.05, 0.1) is 17.6 Å². The van der Waals surface area contributed by atoms with Gasteiger partial charge in [0.25, 0.3) is 0 Å². The number of anilines is 1. The zero-order valence-electron chi connectivity index (χ0n) is 12.4. The van der Waals surface area contributed by atoms with Crippen LogP contribution in [0, 0.1) is 19.8 Å². The van der Waals surface area contributed by atoms with Gasteiger partial charge in [-0.25, -0.2) is 9.97 Å². The van der Waals surface area contributed by atoms with Crippen LogP contribution in [0.2, 0.25) is 0 Å². The van der Waals surface area contributed by atoms with Gasteiger partial charge in [-0.2, -0.15) is 0 Å². The summed E-state index contributed by atoms with van der Waals surface area (Å²) in [6.07, 6.45) is 3.34. The summed E-state index contributed by atoms with van der Waals surface area (Å²) < 4.78 is 6.07. The summed E-state index contributed by atoms with van der Waals surface area (Å²) in [5, 5.41) is 12.2. The average Bonchev–Trinajstić information content (AvgIpc) is 2.77. The van der Waals surface area contributed by atoms with Crippen LogP contribution < -0.4 is 5.32 Å². The molecule has 1 aromatic rings. The van der Waals surface area contributed by atoms with Crippen LogP contribution in [0.1, 0.15) is 37.1 Å². The molecule has 1 atom stereocenters. The highest BCUT2D eigenvalue weighted by Gasteiger charge is 2.52. The molecule has 1 aliphatic carbocycles. The van der Waals surface area contributed by atoms with E-state index in [0.717, 1.165) is 24.2 Å². The number of nitrogens with one attached hydrogen (secondary N) is 1. The topological polar surface area (TPSA) is 84.3 Å². The number of hydrogen-bond donors (Lipinski definition) is 2. The van der Waals surface area contributed by atoms with Gasteiger partial charge in [-0.05, 0) is 45.6 Å². The van der Waals surface area contributed by atoms with Crippen LogP contribution in [-0.4, -0.2) is 39.3 Å². The third kappa shape index (κ3) is 3.00. The summed E-state index contributed by atoms with van der Waals surface area (Å²) in [6, 6.07) is 1.94. The smallest absolute Gasteiger partial charge is 0.306 e. The molecule has 1 unspecified atom stereocenters. The summed E-state index contributed by atoms with van der Waals surface area (Å²) in [4.78, 5) is 19.6. The molecule has 0 amide bonds. The maximum Gasteiger partial charge on any atom is 0.306 e. The first kappa shape index (κ1) is 14.3. The van der Waals surface area contributed by atoms with Crippen molar-refractivity contribution < 1.29 is 14.6 Å². The summed E-state index contributed by atoms with van der Waals surface area (Å²) in [6.45, 7) is 4.56. The first-order valence-electron chi connectivity index (χ1n) is 7.43. The maximum atomic E-state index is 10.9. The van der Waals surface area contributed by atoms with Crippen molar-refractivity contribution in [2.24, 2.45) is 5.92 Å². The molecule has 2 fully saturated rings. The highest BCUT2D eigenvalue weighted by molar-refractivity contribution is 5.71. The number of carbonyl (C=O) groups is 1. The number of aliphatic carboxylic acids is 1. The van der Waals surface area contributed by atoms with Gasteiger partial charge in [0.1, 0.15) is 0 Å². The Morgan fingerprint density at radius 1 is 1.43 bits per heavy atom. The van der Waals surface area contributed by atoms with E-state index in [1.54, 1.807) is 0 Å². The summed E-state index contributed by atoms with van der Waals surface area (Å²) in [5.74, 6) is -0.289. The van der Waals surface area contributed by atoms with Crippen molar-refractivity contribution in [3.8, 4) is 0 Å². The third-order valence-electron chi connectivity index (χ3n) is 4.39. The number of rotatable bonds is 4. The monoisotopic (exact) mass is 291 g/mol.